The van der Waals surface area contributed by atoms with Crippen molar-refractivity contribution in [1.82, 2.24) is 9.97 Å². The van der Waals surface area contributed by atoms with Gasteiger partial charge in [-0.3, -0.25) is 9.78 Å². The number of anilines is 2. The van der Waals surface area contributed by atoms with Gasteiger partial charge in [0, 0.05) is 24.1 Å². The van der Waals surface area contributed by atoms with Gasteiger partial charge in [0.05, 0.1) is 30.2 Å². The number of halogens is 1. The van der Waals surface area contributed by atoms with Gasteiger partial charge in [-0.2, -0.15) is 0 Å². The molecule has 6 nitrogen and oxygen atoms in total. The topological polar surface area (TPSA) is 90.1 Å². The van der Waals surface area contributed by atoms with E-state index in [1.165, 1.54) is 19.4 Å². The maximum atomic E-state index is 13.7. The molecule has 0 bridgehead atoms. The summed E-state index contributed by atoms with van der Waals surface area (Å²) in [6, 6.07) is 8.33. The molecule has 1 saturated carbocycles. The summed E-state index contributed by atoms with van der Waals surface area (Å²) in [6.45, 7) is 0. The second kappa shape index (κ2) is 8.65. The zero-order valence-corrected chi connectivity index (χ0v) is 16.9. The predicted octanol–water partition coefficient (Wildman–Crippen LogP) is 4.66. The van der Waals surface area contributed by atoms with Crippen molar-refractivity contribution in [3.05, 3.63) is 54.1 Å². The number of methoxy groups -OCH3 is 1. The zero-order chi connectivity index (χ0) is 21.1. The molecule has 1 fully saturated rings. The number of ether oxygens (including phenoxy) is 1. The van der Waals surface area contributed by atoms with E-state index < -0.39 is 0 Å². The van der Waals surface area contributed by atoms with Crippen LogP contribution in [0, 0.1) is 11.7 Å². The Hall–Kier alpha value is -3.22. The number of carbonyl (C=O) groups is 1. The molecule has 0 saturated heterocycles. The van der Waals surface area contributed by atoms with Crippen molar-refractivity contribution in [3.8, 4) is 5.88 Å². The number of nitrogen functional groups attached to an aromatic ring is 1. The highest BCUT2D eigenvalue weighted by Gasteiger charge is 2.25. The van der Waals surface area contributed by atoms with E-state index in [1.54, 1.807) is 24.4 Å². The van der Waals surface area contributed by atoms with E-state index in [0.29, 0.717) is 35.5 Å². The summed E-state index contributed by atoms with van der Waals surface area (Å²) in [7, 11) is 1.52. The van der Waals surface area contributed by atoms with Gasteiger partial charge in [0.15, 0.2) is 0 Å². The van der Waals surface area contributed by atoms with Crippen LogP contribution in [0.2, 0.25) is 0 Å². The van der Waals surface area contributed by atoms with Crippen molar-refractivity contribution >= 4 is 28.2 Å². The van der Waals surface area contributed by atoms with Crippen LogP contribution in [0.1, 0.15) is 43.6 Å². The predicted molar refractivity (Wildman–Crippen MR) is 115 cm³/mol. The van der Waals surface area contributed by atoms with Crippen LogP contribution < -0.4 is 15.8 Å². The molecule has 0 radical (unpaired) electrons. The first-order valence-electron chi connectivity index (χ1n) is 10.2. The summed E-state index contributed by atoms with van der Waals surface area (Å²) in [5, 5.41) is 3.74. The normalized spacial score (nSPS) is 18.9. The Labute approximate surface area is 174 Å². The van der Waals surface area contributed by atoms with Gasteiger partial charge in [-0.25, -0.2) is 9.37 Å². The summed E-state index contributed by atoms with van der Waals surface area (Å²) in [4.78, 5) is 20.9. The van der Waals surface area contributed by atoms with Crippen molar-refractivity contribution in [2.75, 3.05) is 18.2 Å². The minimum absolute atomic E-state index is 0.0615. The number of aromatic nitrogens is 2. The third kappa shape index (κ3) is 4.35. The largest absolute Gasteiger partial charge is 0.481 e. The average molecular weight is 408 g/mol. The molecule has 0 unspecified atom stereocenters. The van der Waals surface area contributed by atoms with E-state index in [-0.39, 0.29) is 11.7 Å². The molecule has 0 atom stereocenters. The molecule has 2 heterocycles. The van der Waals surface area contributed by atoms with Gasteiger partial charge >= 0.3 is 0 Å². The fraction of sp³-hybridized carbons (Fsp3) is 0.348. The van der Waals surface area contributed by atoms with Crippen molar-refractivity contribution < 1.29 is 13.9 Å². The summed E-state index contributed by atoms with van der Waals surface area (Å²) < 4.78 is 18.8. The monoisotopic (exact) mass is 408 g/mol. The summed E-state index contributed by atoms with van der Waals surface area (Å²) in [5.74, 6) is 0.784. The fourth-order valence-electron chi connectivity index (χ4n) is 4.30. The van der Waals surface area contributed by atoms with Crippen molar-refractivity contribution in [1.29, 1.82) is 0 Å². The lowest BCUT2D eigenvalue weighted by atomic mass is 9.77. The lowest BCUT2D eigenvalue weighted by Crippen LogP contribution is -2.21. The summed E-state index contributed by atoms with van der Waals surface area (Å²) >= 11 is 0. The number of hydrogen-bond acceptors (Lipinski definition) is 5. The SMILES string of the molecule is COc1cc(N)c(NC(=O)CC2CCC(c3ccnc4ccc(F)cc34)CC2)cn1. The molecule has 7 heteroatoms. The van der Waals surface area contributed by atoms with E-state index in [0.717, 1.165) is 42.1 Å². The Kier molecular flexibility index (Phi) is 5.79. The molecule has 30 heavy (non-hydrogen) atoms. The van der Waals surface area contributed by atoms with Gasteiger partial charge in [-0.15, -0.1) is 0 Å². The number of hydrogen-bond donors (Lipinski definition) is 2. The van der Waals surface area contributed by atoms with Crippen LogP contribution in [0.4, 0.5) is 15.8 Å². The molecule has 156 valence electrons. The molecule has 0 aliphatic heterocycles. The maximum absolute atomic E-state index is 13.7. The lowest BCUT2D eigenvalue weighted by molar-refractivity contribution is -0.117. The van der Waals surface area contributed by atoms with Gasteiger partial charge < -0.3 is 15.8 Å². The molecule has 1 amide bonds. The molecule has 4 rings (SSSR count). The highest BCUT2D eigenvalue weighted by atomic mass is 19.1. The van der Waals surface area contributed by atoms with E-state index in [2.05, 4.69) is 15.3 Å². The molecule has 1 aromatic carbocycles. The first kappa shape index (κ1) is 20.1. The van der Waals surface area contributed by atoms with Crippen molar-refractivity contribution in [3.63, 3.8) is 0 Å². The van der Waals surface area contributed by atoms with Gasteiger partial charge in [0.25, 0.3) is 0 Å². The molecule has 1 aliphatic rings. The number of nitrogens with two attached hydrogens (primary N) is 1. The quantitative estimate of drug-likeness (QED) is 0.641. The van der Waals surface area contributed by atoms with Crippen molar-refractivity contribution in [2.45, 2.75) is 38.0 Å². The number of rotatable bonds is 5. The van der Waals surface area contributed by atoms with E-state index in [4.69, 9.17) is 10.5 Å². The number of pyridine rings is 2. The van der Waals surface area contributed by atoms with Crippen LogP contribution in [-0.2, 0) is 4.79 Å². The van der Waals surface area contributed by atoms with Crippen LogP contribution in [0.25, 0.3) is 10.9 Å². The second-order valence-corrected chi connectivity index (χ2v) is 7.85. The Balaban J connectivity index is 1.36. The van der Waals surface area contributed by atoms with Gasteiger partial charge in [0.2, 0.25) is 11.8 Å². The number of fused-ring (bicyclic) bond motifs is 1. The average Bonchev–Trinajstić information content (AvgIpc) is 2.75. The smallest absolute Gasteiger partial charge is 0.224 e. The Morgan fingerprint density at radius 3 is 2.73 bits per heavy atom. The number of carbonyl (C=O) groups excluding carboxylic acids is 1. The van der Waals surface area contributed by atoms with E-state index >= 15 is 0 Å². The molecule has 0 spiro atoms. The molecule has 3 N–H and O–H groups in total. The van der Waals surface area contributed by atoms with Gasteiger partial charge in [0.1, 0.15) is 5.82 Å². The van der Waals surface area contributed by atoms with Gasteiger partial charge in [-0.1, -0.05) is 0 Å². The molecular weight excluding hydrogens is 383 g/mol. The standard InChI is InChI=1S/C23H25FN4O2/c1-30-23-12-19(25)21(13-27-23)28-22(29)10-14-2-4-15(5-3-14)17-8-9-26-20-7-6-16(24)11-18(17)20/h6-9,11-15H,2-5,10H2,1H3,(H2,25,27)(H,28,29). The number of benzene rings is 1. The molecule has 1 aliphatic carbocycles. The number of nitrogens with zero attached hydrogens (tertiary/aromatic N) is 2. The first-order chi connectivity index (χ1) is 14.5. The minimum atomic E-state index is -0.241. The first-order valence-corrected chi connectivity index (χ1v) is 10.2. The second-order valence-electron chi connectivity index (χ2n) is 7.85. The minimum Gasteiger partial charge on any atom is -0.481 e. The zero-order valence-electron chi connectivity index (χ0n) is 16.9. The summed E-state index contributed by atoms with van der Waals surface area (Å²) in [5.41, 5.74) is 8.85. The Morgan fingerprint density at radius 2 is 2.00 bits per heavy atom. The number of amides is 1. The Morgan fingerprint density at radius 1 is 1.20 bits per heavy atom. The van der Waals surface area contributed by atoms with Gasteiger partial charge in [-0.05, 0) is 67.3 Å². The molecule has 2 aromatic heterocycles. The Bertz CT molecular complexity index is 1060. The van der Waals surface area contributed by atoms with E-state index in [1.807, 2.05) is 6.07 Å². The lowest BCUT2D eigenvalue weighted by Gasteiger charge is -2.29. The van der Waals surface area contributed by atoms with E-state index in [9.17, 15) is 9.18 Å². The molecular formula is C23H25FN4O2. The highest BCUT2D eigenvalue weighted by Crippen LogP contribution is 2.39. The fourth-order valence-corrected chi connectivity index (χ4v) is 4.30. The third-order valence-corrected chi connectivity index (χ3v) is 5.89. The van der Waals surface area contributed by atoms with Crippen LogP contribution in [0.3, 0.4) is 0 Å². The highest BCUT2D eigenvalue weighted by molar-refractivity contribution is 5.93. The van der Waals surface area contributed by atoms with Crippen molar-refractivity contribution in [2.24, 2.45) is 5.92 Å². The van der Waals surface area contributed by atoms with Crippen LogP contribution in [0.5, 0.6) is 5.88 Å². The number of nitrogens with one attached hydrogen (secondary N) is 1. The van der Waals surface area contributed by atoms with Crippen LogP contribution in [-0.4, -0.2) is 23.0 Å². The third-order valence-electron chi connectivity index (χ3n) is 5.89. The maximum Gasteiger partial charge on any atom is 0.224 e. The van der Waals surface area contributed by atoms with Crippen LogP contribution in [0.15, 0.2) is 42.7 Å². The van der Waals surface area contributed by atoms with Crippen LogP contribution >= 0.6 is 0 Å². The molecule has 3 aromatic rings. The summed E-state index contributed by atoms with van der Waals surface area (Å²) in [6.07, 6.45) is 7.60.